The molecule has 0 aliphatic carbocycles. The first-order valence-corrected chi connectivity index (χ1v) is 14.7. The van der Waals surface area contributed by atoms with Crippen molar-refractivity contribution in [3.05, 3.63) is 0 Å². The fourth-order valence-electron chi connectivity index (χ4n) is 0.887. The van der Waals surface area contributed by atoms with Crippen molar-refractivity contribution in [3.8, 4) is 0 Å². The Balaban J connectivity index is -0.000000333. The molecule has 0 atom stereocenters. The van der Waals surface area contributed by atoms with Crippen LogP contribution < -0.4 is 0 Å². The van der Waals surface area contributed by atoms with E-state index in [0.29, 0.717) is 26.4 Å². The molecule has 0 aromatic rings. The second-order valence-corrected chi connectivity index (χ2v) is 14.2. The Hall–Kier alpha value is 2.46. The monoisotopic (exact) mass is 490 g/mol. The van der Waals surface area contributed by atoms with E-state index in [1.807, 2.05) is 27.7 Å². The second kappa shape index (κ2) is 19.2. The molecule has 23 heavy (non-hydrogen) atoms. The summed E-state index contributed by atoms with van der Waals surface area (Å²) in [6.45, 7) is 10.5. The molecule has 0 heterocycles. The Bertz CT molecular complexity index is 295. The van der Waals surface area contributed by atoms with E-state index >= 15 is 0 Å². The average Bonchev–Trinajstić information content (AvgIpc) is 2.48. The third-order valence-corrected chi connectivity index (χ3v) is 6.34. The molecule has 0 bridgehead atoms. The van der Waals surface area contributed by atoms with Crippen molar-refractivity contribution < 1.29 is 37.6 Å². The summed E-state index contributed by atoms with van der Waals surface area (Å²) in [5, 5.41) is 0. The third kappa shape index (κ3) is 24.5. The summed E-state index contributed by atoms with van der Waals surface area (Å²) >= 11 is 19.8. The molecule has 0 saturated carbocycles. The SMILES string of the molecule is CCCOP(=S)([S-])OCCC.CCCOP(=S)([S-])OCCC.[Zn+2]. The van der Waals surface area contributed by atoms with Gasteiger partial charge in [-0.25, -0.2) is 0 Å². The second-order valence-electron chi connectivity index (χ2n) is 4.23. The van der Waals surface area contributed by atoms with Crippen LogP contribution in [0.25, 0.3) is 0 Å². The standard InChI is InChI=1S/2C6H15O2PS2.Zn/c2*1-3-5-7-9(10,11)8-6-4-2;/h2*3-6H2,1-2H3,(H,10,11);/q;;+2/p-2. The summed E-state index contributed by atoms with van der Waals surface area (Å²) < 4.78 is 20.8. The summed E-state index contributed by atoms with van der Waals surface area (Å²) in [6, 6.07) is 0. The summed E-state index contributed by atoms with van der Waals surface area (Å²) in [4.78, 5) is 0. The minimum atomic E-state index is -2.31. The van der Waals surface area contributed by atoms with Crippen LogP contribution in [0.2, 0.25) is 0 Å². The maximum atomic E-state index is 5.20. The minimum Gasteiger partial charge on any atom is -0.691 e. The van der Waals surface area contributed by atoms with Gasteiger partial charge in [0.25, 0.3) is 0 Å². The zero-order valence-electron chi connectivity index (χ0n) is 14.5. The van der Waals surface area contributed by atoms with Crippen molar-refractivity contribution in [2.75, 3.05) is 26.4 Å². The molecule has 0 spiro atoms. The van der Waals surface area contributed by atoms with Crippen LogP contribution in [-0.4, -0.2) is 26.4 Å². The Morgan fingerprint density at radius 2 is 0.783 bits per heavy atom. The molecule has 0 aromatic heterocycles. The van der Waals surface area contributed by atoms with Crippen molar-refractivity contribution in [1.82, 2.24) is 0 Å². The summed E-state index contributed by atoms with van der Waals surface area (Å²) in [5.74, 6) is 0. The number of hydrogen-bond acceptors (Lipinski definition) is 8. The number of rotatable bonds is 12. The van der Waals surface area contributed by atoms with Crippen molar-refractivity contribution in [2.45, 2.75) is 53.4 Å². The Kier molecular flexibility index (Phi) is 25.3. The van der Waals surface area contributed by atoms with Crippen LogP contribution in [0.15, 0.2) is 0 Å². The molecular formula is C12H28O4P2S4Zn. The van der Waals surface area contributed by atoms with Crippen LogP contribution in [-0.2, 0) is 85.7 Å². The van der Waals surface area contributed by atoms with E-state index in [2.05, 4.69) is 0 Å². The summed E-state index contributed by atoms with van der Waals surface area (Å²) in [7, 11) is 0. The van der Waals surface area contributed by atoms with Gasteiger partial charge < -0.3 is 42.6 Å². The summed E-state index contributed by atoms with van der Waals surface area (Å²) in [6.07, 6.45) is 3.74. The van der Waals surface area contributed by atoms with Crippen LogP contribution in [0.1, 0.15) is 53.4 Å². The van der Waals surface area contributed by atoms with Gasteiger partial charge in [0.1, 0.15) is 0 Å². The first-order chi connectivity index (χ1) is 10.2. The molecule has 0 N–H and O–H groups in total. The van der Waals surface area contributed by atoms with Crippen LogP contribution >= 0.6 is 11.4 Å². The fraction of sp³-hybridized carbons (Fsp3) is 1.00. The predicted molar refractivity (Wildman–Crippen MR) is 108 cm³/mol. The van der Waals surface area contributed by atoms with Gasteiger partial charge in [-0.1, -0.05) is 51.3 Å². The van der Waals surface area contributed by atoms with Gasteiger partial charge in [0.05, 0.1) is 37.8 Å². The van der Waals surface area contributed by atoms with Crippen LogP contribution in [0.4, 0.5) is 0 Å². The quantitative estimate of drug-likeness (QED) is 0.209. The molecule has 4 nitrogen and oxygen atoms in total. The molecule has 11 heteroatoms. The van der Waals surface area contributed by atoms with Crippen LogP contribution in [0, 0.1) is 0 Å². The van der Waals surface area contributed by atoms with Crippen molar-refractivity contribution in [2.24, 2.45) is 0 Å². The zero-order chi connectivity index (χ0) is 17.5. The van der Waals surface area contributed by atoms with Crippen LogP contribution in [0.3, 0.4) is 0 Å². The zero-order valence-corrected chi connectivity index (χ0v) is 22.5. The van der Waals surface area contributed by atoms with Crippen LogP contribution in [0.5, 0.6) is 0 Å². The van der Waals surface area contributed by atoms with Crippen molar-refractivity contribution >= 4 is 59.5 Å². The Morgan fingerprint density at radius 1 is 0.609 bits per heavy atom. The molecule has 0 amide bonds. The molecule has 0 aliphatic heterocycles. The first-order valence-electron chi connectivity index (χ1n) is 7.44. The van der Waals surface area contributed by atoms with Gasteiger partial charge in [-0.3, -0.25) is 0 Å². The maximum absolute atomic E-state index is 5.20. The third-order valence-electron chi connectivity index (χ3n) is 1.81. The molecule has 0 fully saturated rings. The molecule has 136 valence electrons. The largest absolute Gasteiger partial charge is 2.00 e. The van der Waals surface area contributed by atoms with E-state index in [4.69, 9.17) is 66.2 Å². The van der Waals surface area contributed by atoms with E-state index in [1.165, 1.54) is 0 Å². The number of hydrogen-bond donors (Lipinski definition) is 0. The summed E-state index contributed by atoms with van der Waals surface area (Å²) in [5.41, 5.74) is -4.62. The van der Waals surface area contributed by atoms with Gasteiger partial charge >= 0.3 is 19.5 Å². The Labute approximate surface area is 175 Å². The van der Waals surface area contributed by atoms with E-state index in [-0.39, 0.29) is 19.5 Å². The van der Waals surface area contributed by atoms with Gasteiger partial charge in [0, 0.05) is 0 Å². The average molecular weight is 492 g/mol. The molecular weight excluding hydrogens is 464 g/mol. The molecule has 0 rings (SSSR count). The Morgan fingerprint density at radius 3 is 0.913 bits per heavy atom. The van der Waals surface area contributed by atoms with Crippen molar-refractivity contribution in [3.63, 3.8) is 0 Å². The molecule has 0 radical (unpaired) electrons. The van der Waals surface area contributed by atoms with E-state index in [9.17, 15) is 0 Å². The normalized spacial score (nSPS) is 11.4. The van der Waals surface area contributed by atoms with E-state index in [1.54, 1.807) is 0 Å². The van der Waals surface area contributed by atoms with Gasteiger partial charge in [0.2, 0.25) is 0 Å². The minimum absolute atomic E-state index is 0. The van der Waals surface area contributed by atoms with Gasteiger partial charge in [0.15, 0.2) is 0 Å². The topological polar surface area (TPSA) is 36.9 Å². The molecule has 0 unspecified atom stereocenters. The van der Waals surface area contributed by atoms with E-state index < -0.39 is 11.4 Å². The smallest absolute Gasteiger partial charge is 0.691 e. The van der Waals surface area contributed by atoms with E-state index in [0.717, 1.165) is 25.7 Å². The van der Waals surface area contributed by atoms with Crippen molar-refractivity contribution in [1.29, 1.82) is 0 Å². The first kappa shape index (κ1) is 30.2. The predicted octanol–water partition coefficient (Wildman–Crippen LogP) is 5.22. The maximum Gasteiger partial charge on any atom is 2.00 e. The fourth-order valence-corrected chi connectivity index (χ4v) is 4.45. The van der Waals surface area contributed by atoms with Gasteiger partial charge in [-0.15, -0.1) is 0 Å². The van der Waals surface area contributed by atoms with Gasteiger partial charge in [-0.2, -0.15) is 0 Å². The molecule has 0 aromatic carbocycles. The molecule has 0 saturated heterocycles. The van der Waals surface area contributed by atoms with Gasteiger partial charge in [-0.05, 0) is 25.7 Å². The molecule has 0 aliphatic rings.